The molecule has 2 aromatic carbocycles. The average molecular weight is 615 g/mol. The number of esters is 1. The Morgan fingerprint density at radius 2 is 1.82 bits per heavy atom. The lowest BCUT2D eigenvalue weighted by molar-refractivity contribution is -0.278. The molecule has 4 rings (SSSR count). The summed E-state index contributed by atoms with van der Waals surface area (Å²) in [5.41, 5.74) is -0.107. The first-order valence-corrected chi connectivity index (χ1v) is 14.1. The van der Waals surface area contributed by atoms with E-state index in [0.717, 1.165) is 0 Å². The minimum Gasteiger partial charge on any atom is -0.508 e. The number of ether oxygens (including phenoxy) is 4. The smallest absolute Gasteiger partial charge is 0.333 e. The average Bonchev–Trinajstić information content (AvgIpc) is 2.98. The second-order valence-corrected chi connectivity index (χ2v) is 11.3. The van der Waals surface area contributed by atoms with E-state index >= 15 is 0 Å². The molecule has 2 aliphatic rings. The summed E-state index contributed by atoms with van der Waals surface area (Å²) in [6.07, 6.45) is -5.01. The molecule has 1 saturated heterocycles. The summed E-state index contributed by atoms with van der Waals surface area (Å²) in [6, 6.07) is 7.50. The largest absolute Gasteiger partial charge is 0.508 e. The molecule has 1 fully saturated rings. The van der Waals surface area contributed by atoms with Gasteiger partial charge in [0, 0.05) is 17.2 Å². The molecule has 0 radical (unpaired) electrons. The number of carbonyl (C=O) groups is 2. The summed E-state index contributed by atoms with van der Waals surface area (Å²) in [7, 11) is 0. The summed E-state index contributed by atoms with van der Waals surface area (Å²) < 4.78 is 22.8. The second kappa shape index (κ2) is 13.4. The van der Waals surface area contributed by atoms with Gasteiger partial charge in [-0.25, -0.2) is 4.79 Å². The lowest BCUT2D eigenvalue weighted by atomic mass is 9.94. The van der Waals surface area contributed by atoms with Gasteiger partial charge in [0.05, 0.1) is 12.0 Å². The van der Waals surface area contributed by atoms with E-state index in [9.17, 15) is 40.2 Å². The minimum atomic E-state index is -1.74. The van der Waals surface area contributed by atoms with Crippen LogP contribution >= 0.6 is 0 Å². The van der Waals surface area contributed by atoms with Crippen molar-refractivity contribution in [3.63, 3.8) is 0 Å². The number of carbonyl (C=O) groups excluding carboxylic acids is 2. The van der Waals surface area contributed by atoms with Gasteiger partial charge < -0.3 is 49.6 Å². The van der Waals surface area contributed by atoms with Gasteiger partial charge in [0.2, 0.25) is 6.29 Å². The number of phenols is 2. The van der Waals surface area contributed by atoms with Crippen LogP contribution in [0, 0.1) is 6.92 Å². The van der Waals surface area contributed by atoms with E-state index in [0.29, 0.717) is 18.4 Å². The Kier molecular flexibility index (Phi) is 10.0. The third-order valence-corrected chi connectivity index (χ3v) is 7.81. The highest BCUT2D eigenvalue weighted by Gasteiger charge is 2.46. The van der Waals surface area contributed by atoms with E-state index in [-0.39, 0.29) is 51.9 Å². The zero-order valence-corrected chi connectivity index (χ0v) is 24.7. The molecule has 2 aromatic rings. The Hall–Kier alpha value is -3.94. The molecule has 2 aliphatic heterocycles. The Morgan fingerprint density at radius 1 is 1.14 bits per heavy atom. The standard InChI is InChI=1S/C32H38O12/c1-5-32(4,40)12-6-7-16(2)30(39)41-15-24-27(36)28(37)29(38)31(44-24)43-21-14-23-25(26(35)17(21)3)20(34)13-22(42-23)18-8-10-19(33)11-9-18/h5,7-11,14,22,24,27-29,31,33,35-38,40H,1,6,12-13,15H2,2-4H3/b16-7+/t22?,24-,27-,28+,29-,31-,32?/m1/s1. The molecule has 44 heavy (non-hydrogen) atoms. The third-order valence-electron chi connectivity index (χ3n) is 7.81. The molecule has 12 nitrogen and oxygen atoms in total. The van der Waals surface area contributed by atoms with Gasteiger partial charge in [-0.05, 0) is 51.3 Å². The fourth-order valence-corrected chi connectivity index (χ4v) is 4.86. The Balaban J connectivity index is 1.47. The molecule has 2 unspecified atom stereocenters. The fourth-order valence-electron chi connectivity index (χ4n) is 4.86. The van der Waals surface area contributed by atoms with Crippen LogP contribution in [0.1, 0.15) is 60.7 Å². The Bertz CT molecular complexity index is 1410. The van der Waals surface area contributed by atoms with Crippen LogP contribution in [0.3, 0.4) is 0 Å². The van der Waals surface area contributed by atoms with Crippen molar-refractivity contribution in [2.75, 3.05) is 6.61 Å². The highest BCUT2D eigenvalue weighted by atomic mass is 16.7. The molecular weight excluding hydrogens is 576 g/mol. The number of aliphatic hydroxyl groups is 4. The number of phenolic OH excluding ortho intramolecular Hbond substituents is 2. The number of Topliss-reactive ketones (excluding diaryl/α,β-unsaturated/α-hetero) is 1. The molecule has 6 N–H and O–H groups in total. The van der Waals surface area contributed by atoms with Crippen molar-refractivity contribution in [3.05, 3.63) is 71.3 Å². The van der Waals surface area contributed by atoms with E-state index in [4.69, 9.17) is 18.9 Å². The predicted molar refractivity (Wildman–Crippen MR) is 155 cm³/mol. The molecule has 0 spiro atoms. The number of ketones is 1. The van der Waals surface area contributed by atoms with Gasteiger partial charge in [-0.15, -0.1) is 6.58 Å². The molecule has 0 saturated carbocycles. The van der Waals surface area contributed by atoms with Crippen molar-refractivity contribution in [1.82, 2.24) is 0 Å². The van der Waals surface area contributed by atoms with E-state index in [1.54, 1.807) is 25.1 Å². The van der Waals surface area contributed by atoms with Crippen molar-refractivity contribution in [2.24, 2.45) is 0 Å². The summed E-state index contributed by atoms with van der Waals surface area (Å²) in [6.45, 7) is 7.67. The highest BCUT2D eigenvalue weighted by molar-refractivity contribution is 6.03. The number of benzene rings is 2. The van der Waals surface area contributed by atoms with Crippen molar-refractivity contribution in [1.29, 1.82) is 0 Å². The van der Waals surface area contributed by atoms with Crippen LogP contribution in [0.15, 0.2) is 54.6 Å². The van der Waals surface area contributed by atoms with Crippen LogP contribution in [0.5, 0.6) is 23.0 Å². The van der Waals surface area contributed by atoms with Gasteiger partial charge in [-0.1, -0.05) is 24.3 Å². The molecule has 12 heteroatoms. The third kappa shape index (κ3) is 7.22. The quantitative estimate of drug-likeness (QED) is 0.130. The second-order valence-electron chi connectivity index (χ2n) is 11.3. The first-order valence-electron chi connectivity index (χ1n) is 14.1. The Morgan fingerprint density at radius 3 is 2.48 bits per heavy atom. The van der Waals surface area contributed by atoms with Gasteiger partial charge >= 0.3 is 5.97 Å². The van der Waals surface area contributed by atoms with Gasteiger partial charge in [-0.2, -0.15) is 0 Å². The Labute approximate surface area is 254 Å². The van der Waals surface area contributed by atoms with Gasteiger partial charge in [0.1, 0.15) is 65.7 Å². The van der Waals surface area contributed by atoms with E-state index < -0.39 is 55.0 Å². The number of fused-ring (bicyclic) bond motifs is 1. The van der Waals surface area contributed by atoms with Crippen molar-refractivity contribution >= 4 is 11.8 Å². The van der Waals surface area contributed by atoms with Crippen molar-refractivity contribution in [2.45, 2.75) is 82.4 Å². The monoisotopic (exact) mass is 614 g/mol. The number of aliphatic hydroxyl groups excluding tert-OH is 3. The maximum Gasteiger partial charge on any atom is 0.333 e. The van der Waals surface area contributed by atoms with Crippen LogP contribution in [-0.2, 0) is 14.3 Å². The van der Waals surface area contributed by atoms with Crippen molar-refractivity contribution < 1.29 is 59.2 Å². The summed E-state index contributed by atoms with van der Waals surface area (Å²) in [5, 5.41) is 62.1. The molecule has 0 bridgehead atoms. The number of aromatic hydroxyl groups is 2. The molecular formula is C32H38O12. The number of hydrogen-bond acceptors (Lipinski definition) is 12. The molecule has 0 amide bonds. The van der Waals surface area contributed by atoms with Crippen molar-refractivity contribution in [3.8, 4) is 23.0 Å². The highest BCUT2D eigenvalue weighted by Crippen LogP contribution is 2.45. The fraction of sp³-hybridized carbons (Fsp3) is 0.438. The molecule has 238 valence electrons. The van der Waals surface area contributed by atoms with E-state index in [2.05, 4.69) is 6.58 Å². The van der Waals surface area contributed by atoms with Crippen LogP contribution in [-0.4, -0.2) is 85.3 Å². The van der Waals surface area contributed by atoms with E-state index in [1.165, 1.54) is 38.1 Å². The number of rotatable bonds is 10. The number of allylic oxidation sites excluding steroid dienone is 1. The van der Waals surface area contributed by atoms with Crippen LogP contribution in [0.25, 0.3) is 0 Å². The molecule has 7 atom stereocenters. The van der Waals surface area contributed by atoms with Crippen LogP contribution in [0.2, 0.25) is 0 Å². The maximum atomic E-state index is 13.0. The first-order chi connectivity index (χ1) is 20.7. The molecule has 2 heterocycles. The minimum absolute atomic E-state index is 0.0191. The maximum absolute atomic E-state index is 13.0. The zero-order valence-electron chi connectivity index (χ0n) is 24.7. The predicted octanol–water partition coefficient (Wildman–Crippen LogP) is 2.51. The zero-order chi connectivity index (χ0) is 32.3. The molecule has 0 aromatic heterocycles. The summed E-state index contributed by atoms with van der Waals surface area (Å²) in [5.74, 6) is -1.44. The van der Waals surface area contributed by atoms with Crippen LogP contribution in [0.4, 0.5) is 0 Å². The van der Waals surface area contributed by atoms with Gasteiger partial charge in [0.15, 0.2) is 5.78 Å². The van der Waals surface area contributed by atoms with Gasteiger partial charge in [-0.3, -0.25) is 4.79 Å². The lowest BCUT2D eigenvalue weighted by Gasteiger charge is -2.40. The lowest BCUT2D eigenvalue weighted by Crippen LogP contribution is -2.60. The topological polar surface area (TPSA) is 192 Å². The van der Waals surface area contributed by atoms with Crippen LogP contribution < -0.4 is 9.47 Å². The normalized spacial score (nSPS) is 26.6. The SMILES string of the molecule is C=CC(C)(O)CC/C=C(\C)C(=O)OC[C@H]1O[C@@H](Oc2cc3c(c(O)c2C)C(=O)CC(c2ccc(O)cc2)O3)[C@H](O)[C@@H](O)[C@@H]1O. The van der Waals surface area contributed by atoms with E-state index in [1.807, 2.05) is 0 Å². The number of hydrogen-bond donors (Lipinski definition) is 6. The van der Waals surface area contributed by atoms with Gasteiger partial charge in [0.25, 0.3) is 0 Å². The summed E-state index contributed by atoms with van der Waals surface area (Å²) >= 11 is 0. The summed E-state index contributed by atoms with van der Waals surface area (Å²) in [4.78, 5) is 25.5. The molecule has 0 aliphatic carbocycles. The first kappa shape index (κ1) is 33.0.